The first-order valence-electron chi connectivity index (χ1n) is 8.96. The van der Waals surface area contributed by atoms with Crippen molar-refractivity contribution in [2.24, 2.45) is 0 Å². The normalized spacial score (nSPS) is 12.3. The minimum atomic E-state index is -4.45. The molecule has 0 amide bonds. The molecule has 0 bridgehead atoms. The van der Waals surface area contributed by atoms with E-state index < -0.39 is 33.3 Å². The first-order valence-corrected chi connectivity index (χ1v) is 10.4. The molecule has 0 saturated heterocycles. The predicted molar refractivity (Wildman–Crippen MR) is 104 cm³/mol. The summed E-state index contributed by atoms with van der Waals surface area (Å²) < 4.78 is 70.1. The minimum Gasteiger partial charge on any atom is -0.493 e. The minimum absolute atomic E-state index is 0.0256. The number of hydrogen-bond acceptors (Lipinski definition) is 5. The molecule has 0 radical (unpaired) electrons. The maximum Gasteiger partial charge on any atom is 0.416 e. The lowest BCUT2D eigenvalue weighted by molar-refractivity contribution is -0.137. The number of alkyl halides is 3. The summed E-state index contributed by atoms with van der Waals surface area (Å²) in [7, 11) is -3.96. The Balaban J connectivity index is 1.76. The van der Waals surface area contributed by atoms with Crippen molar-refractivity contribution in [2.75, 3.05) is 6.54 Å². The summed E-state index contributed by atoms with van der Waals surface area (Å²) in [5, 5.41) is 9.66. The van der Waals surface area contributed by atoms with Gasteiger partial charge in [0.1, 0.15) is 11.5 Å². The van der Waals surface area contributed by atoms with Gasteiger partial charge >= 0.3 is 11.9 Å². The second kappa shape index (κ2) is 8.47. The Bertz CT molecular complexity index is 1200. The number of aromatic nitrogens is 2. The molecular formula is C19H18F3N3O5S. The number of nitrogens with zero attached hydrogens (tertiary/aromatic N) is 1. The third-order valence-corrected chi connectivity index (χ3v) is 6.28. The van der Waals surface area contributed by atoms with E-state index in [4.69, 9.17) is 4.74 Å². The zero-order valence-corrected chi connectivity index (χ0v) is 16.9. The number of sulfonamides is 1. The van der Waals surface area contributed by atoms with Gasteiger partial charge in [-0.1, -0.05) is 6.92 Å². The van der Waals surface area contributed by atoms with E-state index in [-0.39, 0.29) is 35.2 Å². The Morgan fingerprint density at radius 2 is 1.55 bits per heavy atom. The molecule has 3 N–H and O–H groups in total. The van der Waals surface area contributed by atoms with Crippen LogP contribution in [0.4, 0.5) is 13.2 Å². The van der Waals surface area contributed by atoms with Gasteiger partial charge < -0.3 is 14.8 Å². The van der Waals surface area contributed by atoms with Crippen LogP contribution in [0.1, 0.15) is 18.2 Å². The molecule has 1 aromatic heterocycles. The largest absolute Gasteiger partial charge is 0.493 e. The second-order valence-corrected chi connectivity index (χ2v) is 8.37. The van der Waals surface area contributed by atoms with Gasteiger partial charge in [-0.2, -0.15) is 17.5 Å². The molecule has 0 saturated carbocycles. The van der Waals surface area contributed by atoms with Crippen molar-refractivity contribution in [3.63, 3.8) is 0 Å². The lowest BCUT2D eigenvalue weighted by atomic mass is 10.2. The summed E-state index contributed by atoms with van der Waals surface area (Å²) in [6.07, 6.45) is -4.45. The van der Waals surface area contributed by atoms with E-state index >= 15 is 0 Å². The van der Waals surface area contributed by atoms with E-state index in [1.165, 1.54) is 24.3 Å². The molecule has 1 heterocycles. The molecular weight excluding hydrogens is 439 g/mol. The van der Waals surface area contributed by atoms with Crippen LogP contribution in [0, 0.1) is 0 Å². The summed E-state index contributed by atoms with van der Waals surface area (Å²) in [5.41, 5.74) is -1.45. The fourth-order valence-corrected chi connectivity index (χ4v) is 4.16. The molecule has 0 fully saturated rings. The molecule has 166 valence electrons. The zero-order valence-electron chi connectivity index (χ0n) is 16.1. The van der Waals surface area contributed by atoms with Crippen LogP contribution in [0.5, 0.6) is 17.4 Å². The molecule has 0 aliphatic heterocycles. The Kier molecular flexibility index (Phi) is 6.13. The lowest BCUT2D eigenvalue weighted by Crippen LogP contribution is -2.30. The van der Waals surface area contributed by atoms with Crippen molar-refractivity contribution < 1.29 is 31.4 Å². The number of halogens is 3. The lowest BCUT2D eigenvalue weighted by Gasteiger charge is -2.20. The Morgan fingerprint density at radius 3 is 2.00 bits per heavy atom. The number of ether oxygens (including phenoxy) is 1. The summed E-state index contributed by atoms with van der Waals surface area (Å²) in [4.78, 5) is 15.6. The number of hydrogen-bond donors (Lipinski definition) is 3. The van der Waals surface area contributed by atoms with Crippen LogP contribution in [-0.4, -0.2) is 34.3 Å². The topological polar surface area (TPSA) is 115 Å². The molecule has 2 aromatic carbocycles. The van der Waals surface area contributed by atoms with Crippen LogP contribution in [-0.2, 0) is 22.7 Å². The van der Waals surface area contributed by atoms with Gasteiger partial charge in [-0.3, -0.25) is 4.98 Å². The standard InChI is InChI=1S/C19H18F3N3O5S/c1-2-25(11-16-17(26)24-18(27)23-16)31(28,29)15-9-7-14(8-10-15)30-13-5-3-12(4-6-13)19(20,21)22/h3-10,26H,2,11H2,1H3,(H2,23,24,27). The number of imidazole rings is 1. The molecule has 3 rings (SSSR count). The number of benzene rings is 2. The smallest absolute Gasteiger partial charge is 0.416 e. The summed E-state index contributed by atoms with van der Waals surface area (Å²) in [6, 6.07) is 9.41. The van der Waals surface area contributed by atoms with Gasteiger partial charge in [0.05, 0.1) is 22.7 Å². The van der Waals surface area contributed by atoms with E-state index in [2.05, 4.69) is 9.97 Å². The number of nitrogens with one attached hydrogen (secondary N) is 2. The SMILES string of the molecule is CCN(Cc1[nH]c(=O)[nH]c1O)S(=O)(=O)c1ccc(Oc2ccc(C(F)(F)F)cc2)cc1. The second-order valence-electron chi connectivity index (χ2n) is 6.43. The molecule has 0 unspecified atom stereocenters. The summed E-state index contributed by atoms with van der Waals surface area (Å²) in [5.74, 6) is -0.0565. The van der Waals surface area contributed by atoms with Crippen LogP contribution >= 0.6 is 0 Å². The predicted octanol–water partition coefficient (Wildman–Crippen LogP) is 3.43. The van der Waals surface area contributed by atoms with Gasteiger partial charge in [0.25, 0.3) is 0 Å². The molecule has 3 aromatic rings. The maximum atomic E-state index is 12.9. The third-order valence-electron chi connectivity index (χ3n) is 4.35. The highest BCUT2D eigenvalue weighted by atomic mass is 32.2. The van der Waals surface area contributed by atoms with Gasteiger partial charge in [-0.05, 0) is 48.5 Å². The number of rotatable bonds is 7. The van der Waals surface area contributed by atoms with Crippen molar-refractivity contribution in [3.05, 3.63) is 70.3 Å². The van der Waals surface area contributed by atoms with Crippen LogP contribution in [0.15, 0.2) is 58.2 Å². The molecule has 0 atom stereocenters. The van der Waals surface area contributed by atoms with Crippen LogP contribution in [0.25, 0.3) is 0 Å². The Hall–Kier alpha value is -3.25. The van der Waals surface area contributed by atoms with Gasteiger partial charge in [0.2, 0.25) is 15.9 Å². The highest BCUT2D eigenvalue weighted by molar-refractivity contribution is 7.89. The molecule has 31 heavy (non-hydrogen) atoms. The Morgan fingerprint density at radius 1 is 1.00 bits per heavy atom. The van der Waals surface area contributed by atoms with E-state index in [9.17, 15) is 31.5 Å². The fourth-order valence-electron chi connectivity index (χ4n) is 2.74. The maximum absolute atomic E-state index is 12.9. The molecule has 0 aliphatic carbocycles. The average Bonchev–Trinajstić information content (AvgIpc) is 3.03. The van der Waals surface area contributed by atoms with Crippen molar-refractivity contribution in [1.82, 2.24) is 14.3 Å². The molecule has 8 nitrogen and oxygen atoms in total. The third kappa shape index (κ3) is 5.09. The van der Waals surface area contributed by atoms with Crippen molar-refractivity contribution in [3.8, 4) is 17.4 Å². The summed E-state index contributed by atoms with van der Waals surface area (Å²) >= 11 is 0. The number of aromatic hydroxyl groups is 1. The van der Waals surface area contributed by atoms with Crippen LogP contribution in [0.3, 0.4) is 0 Å². The van der Waals surface area contributed by atoms with E-state index in [1.54, 1.807) is 6.92 Å². The van der Waals surface area contributed by atoms with Gasteiger partial charge in [-0.15, -0.1) is 0 Å². The Labute approximate surface area is 175 Å². The van der Waals surface area contributed by atoms with E-state index in [1.807, 2.05) is 0 Å². The molecule has 0 spiro atoms. The van der Waals surface area contributed by atoms with Crippen molar-refractivity contribution in [2.45, 2.75) is 24.5 Å². The van der Waals surface area contributed by atoms with Gasteiger partial charge in [0.15, 0.2) is 0 Å². The van der Waals surface area contributed by atoms with Crippen molar-refractivity contribution >= 4 is 10.0 Å². The first kappa shape index (κ1) is 22.4. The highest BCUT2D eigenvalue weighted by Gasteiger charge is 2.30. The zero-order chi connectivity index (χ0) is 22.8. The van der Waals surface area contributed by atoms with Crippen molar-refractivity contribution in [1.29, 1.82) is 0 Å². The molecule has 0 aliphatic rings. The van der Waals surface area contributed by atoms with E-state index in [0.29, 0.717) is 0 Å². The number of aromatic amines is 2. The van der Waals surface area contributed by atoms with Gasteiger partial charge in [0, 0.05) is 6.54 Å². The van der Waals surface area contributed by atoms with Crippen LogP contribution in [0.2, 0.25) is 0 Å². The van der Waals surface area contributed by atoms with Gasteiger partial charge in [-0.25, -0.2) is 13.2 Å². The monoisotopic (exact) mass is 457 g/mol. The molecule has 12 heteroatoms. The van der Waals surface area contributed by atoms with Crippen LogP contribution < -0.4 is 10.4 Å². The van der Waals surface area contributed by atoms with E-state index in [0.717, 1.165) is 28.6 Å². The average molecular weight is 457 g/mol. The highest BCUT2D eigenvalue weighted by Crippen LogP contribution is 2.31. The first-order chi connectivity index (χ1) is 14.5. The number of H-pyrrole nitrogens is 2. The fraction of sp³-hybridized carbons (Fsp3) is 0.211. The quantitative estimate of drug-likeness (QED) is 0.503. The summed E-state index contributed by atoms with van der Waals surface area (Å²) in [6.45, 7) is 1.41.